The zero-order valence-electron chi connectivity index (χ0n) is 10.3. The Labute approximate surface area is 108 Å². The summed E-state index contributed by atoms with van der Waals surface area (Å²) in [6, 6.07) is 4.81. The van der Waals surface area contributed by atoms with Crippen molar-refractivity contribution in [3.05, 3.63) is 34.2 Å². The zero-order chi connectivity index (χ0) is 13.8. The molecule has 0 aliphatic heterocycles. The fraction of sp³-hybridized carbons (Fsp3) is 0.167. The molecule has 19 heavy (non-hydrogen) atoms. The van der Waals surface area contributed by atoms with Crippen LogP contribution in [0.3, 0.4) is 0 Å². The monoisotopic (exact) mass is 258 g/mol. The number of ether oxygens (including phenoxy) is 2. The van der Waals surface area contributed by atoms with E-state index >= 15 is 0 Å². The average molecular weight is 258 g/mol. The van der Waals surface area contributed by atoms with Crippen LogP contribution < -0.4 is 15.0 Å². The van der Waals surface area contributed by atoms with Gasteiger partial charge in [-0.1, -0.05) is 0 Å². The Kier molecular flexibility index (Phi) is 3.43. The van der Waals surface area contributed by atoms with E-state index < -0.39 is 5.56 Å². The normalized spacial score (nSPS) is 9.74. The standard InChI is InChI=1S/C12H10N4O3/c1-18-9-4-10(19-2)15-16-11(9)8-3-7(5-13)12(17)14-6-8/h3-4,6H,1-2H3,(H,14,17). The van der Waals surface area contributed by atoms with Crippen molar-refractivity contribution in [2.45, 2.75) is 0 Å². The second kappa shape index (κ2) is 5.18. The molecule has 2 heterocycles. The maximum Gasteiger partial charge on any atom is 0.265 e. The van der Waals surface area contributed by atoms with Crippen molar-refractivity contribution in [1.29, 1.82) is 5.26 Å². The highest BCUT2D eigenvalue weighted by atomic mass is 16.5. The molecule has 0 amide bonds. The van der Waals surface area contributed by atoms with Crippen LogP contribution >= 0.6 is 0 Å². The second-order valence-corrected chi connectivity index (χ2v) is 3.55. The number of pyridine rings is 1. The maximum atomic E-state index is 11.3. The quantitative estimate of drug-likeness (QED) is 0.870. The van der Waals surface area contributed by atoms with Gasteiger partial charge in [-0.15, -0.1) is 10.2 Å². The van der Waals surface area contributed by atoms with E-state index in [0.717, 1.165) is 0 Å². The molecule has 0 saturated carbocycles. The van der Waals surface area contributed by atoms with Crippen LogP contribution in [0.25, 0.3) is 11.3 Å². The number of hydrogen-bond donors (Lipinski definition) is 1. The molecule has 2 aromatic rings. The molecular formula is C12H10N4O3. The van der Waals surface area contributed by atoms with Crippen LogP contribution in [0.2, 0.25) is 0 Å². The first kappa shape index (κ1) is 12.6. The molecule has 0 atom stereocenters. The smallest absolute Gasteiger partial charge is 0.265 e. The van der Waals surface area contributed by atoms with Gasteiger partial charge in [0.2, 0.25) is 5.88 Å². The Morgan fingerprint density at radius 2 is 2.05 bits per heavy atom. The Hall–Kier alpha value is -2.88. The summed E-state index contributed by atoms with van der Waals surface area (Å²) in [4.78, 5) is 13.8. The van der Waals surface area contributed by atoms with Crippen molar-refractivity contribution in [2.24, 2.45) is 0 Å². The summed E-state index contributed by atoms with van der Waals surface area (Å²) in [7, 11) is 2.95. The summed E-state index contributed by atoms with van der Waals surface area (Å²) in [5, 5.41) is 16.6. The molecular weight excluding hydrogens is 248 g/mol. The van der Waals surface area contributed by atoms with Gasteiger partial charge in [0.15, 0.2) is 5.75 Å². The van der Waals surface area contributed by atoms with Crippen molar-refractivity contribution in [3.63, 3.8) is 0 Å². The molecule has 7 heteroatoms. The summed E-state index contributed by atoms with van der Waals surface area (Å²) < 4.78 is 10.1. The Morgan fingerprint density at radius 1 is 1.26 bits per heavy atom. The molecule has 0 spiro atoms. The number of nitrogens with zero attached hydrogens (tertiary/aromatic N) is 3. The van der Waals surface area contributed by atoms with Gasteiger partial charge in [0.05, 0.1) is 14.2 Å². The molecule has 0 aliphatic carbocycles. The van der Waals surface area contributed by atoms with E-state index in [2.05, 4.69) is 15.2 Å². The molecule has 0 radical (unpaired) electrons. The summed E-state index contributed by atoms with van der Waals surface area (Å²) in [6.45, 7) is 0. The van der Waals surface area contributed by atoms with E-state index in [0.29, 0.717) is 22.9 Å². The predicted molar refractivity (Wildman–Crippen MR) is 65.9 cm³/mol. The summed E-state index contributed by atoms with van der Waals surface area (Å²) in [5.74, 6) is 0.744. The second-order valence-electron chi connectivity index (χ2n) is 3.55. The fourth-order valence-corrected chi connectivity index (χ4v) is 1.52. The van der Waals surface area contributed by atoms with Gasteiger partial charge in [-0.25, -0.2) is 0 Å². The number of nitrogens with one attached hydrogen (secondary N) is 1. The van der Waals surface area contributed by atoms with Gasteiger partial charge in [0, 0.05) is 17.8 Å². The van der Waals surface area contributed by atoms with Crippen molar-refractivity contribution >= 4 is 0 Å². The number of rotatable bonds is 3. The number of methoxy groups -OCH3 is 2. The van der Waals surface area contributed by atoms with Gasteiger partial charge in [-0.05, 0) is 6.07 Å². The molecule has 2 aromatic heterocycles. The zero-order valence-corrected chi connectivity index (χ0v) is 10.3. The third-order valence-corrected chi connectivity index (χ3v) is 2.46. The number of H-pyrrole nitrogens is 1. The van der Waals surface area contributed by atoms with Crippen molar-refractivity contribution in [2.75, 3.05) is 14.2 Å². The summed E-state index contributed by atoms with van der Waals surface area (Å²) in [6.07, 6.45) is 1.45. The first-order chi connectivity index (χ1) is 9.19. The van der Waals surface area contributed by atoms with Crippen molar-refractivity contribution < 1.29 is 9.47 Å². The minimum Gasteiger partial charge on any atom is -0.494 e. The molecule has 7 nitrogen and oxygen atoms in total. The largest absolute Gasteiger partial charge is 0.494 e. The lowest BCUT2D eigenvalue weighted by molar-refractivity contribution is 0.376. The first-order valence-electron chi connectivity index (χ1n) is 5.28. The predicted octanol–water partition coefficient (Wildman–Crippen LogP) is 0.721. The SMILES string of the molecule is COc1cc(OC)c(-c2c[nH]c(=O)c(C#N)c2)nn1. The van der Waals surface area contributed by atoms with E-state index in [1.807, 2.05) is 6.07 Å². The number of aromatic amines is 1. The Morgan fingerprint density at radius 3 is 2.68 bits per heavy atom. The van der Waals surface area contributed by atoms with Crippen LogP contribution in [0.1, 0.15) is 5.56 Å². The van der Waals surface area contributed by atoms with Crippen LogP contribution in [-0.2, 0) is 0 Å². The lowest BCUT2D eigenvalue weighted by atomic mass is 10.1. The van der Waals surface area contributed by atoms with E-state index in [1.54, 1.807) is 6.07 Å². The lowest BCUT2D eigenvalue weighted by Gasteiger charge is -2.08. The van der Waals surface area contributed by atoms with E-state index in [1.165, 1.54) is 26.5 Å². The fourth-order valence-electron chi connectivity index (χ4n) is 1.52. The highest BCUT2D eigenvalue weighted by Crippen LogP contribution is 2.28. The third kappa shape index (κ3) is 2.37. The molecule has 0 aromatic carbocycles. The Bertz CT molecular complexity index is 703. The maximum absolute atomic E-state index is 11.3. The highest BCUT2D eigenvalue weighted by Gasteiger charge is 2.12. The number of aromatic nitrogens is 3. The van der Waals surface area contributed by atoms with Crippen LogP contribution in [0.15, 0.2) is 23.1 Å². The average Bonchev–Trinajstić information content (AvgIpc) is 2.47. The molecule has 1 N–H and O–H groups in total. The Balaban J connectivity index is 2.59. The third-order valence-electron chi connectivity index (χ3n) is 2.46. The molecule has 0 unspecified atom stereocenters. The molecule has 0 bridgehead atoms. The minimum atomic E-state index is -0.452. The van der Waals surface area contributed by atoms with Gasteiger partial charge in [0.25, 0.3) is 5.56 Å². The molecule has 0 fully saturated rings. The van der Waals surface area contributed by atoms with E-state index in [4.69, 9.17) is 14.7 Å². The summed E-state index contributed by atoms with van der Waals surface area (Å²) >= 11 is 0. The van der Waals surface area contributed by atoms with Gasteiger partial charge >= 0.3 is 0 Å². The molecule has 96 valence electrons. The van der Waals surface area contributed by atoms with Crippen molar-refractivity contribution in [1.82, 2.24) is 15.2 Å². The van der Waals surface area contributed by atoms with Crippen LogP contribution in [-0.4, -0.2) is 29.4 Å². The topological polar surface area (TPSA) is 101 Å². The molecule has 2 rings (SSSR count). The lowest BCUT2D eigenvalue weighted by Crippen LogP contribution is -2.09. The first-order valence-corrected chi connectivity index (χ1v) is 5.28. The number of nitriles is 1. The van der Waals surface area contributed by atoms with Gasteiger partial charge in [0.1, 0.15) is 17.3 Å². The van der Waals surface area contributed by atoms with E-state index in [-0.39, 0.29) is 5.56 Å². The van der Waals surface area contributed by atoms with Gasteiger partial charge < -0.3 is 14.5 Å². The minimum absolute atomic E-state index is 0.00262. The van der Waals surface area contributed by atoms with Gasteiger partial charge in [-0.2, -0.15) is 5.26 Å². The molecule has 0 saturated heterocycles. The van der Waals surface area contributed by atoms with Crippen molar-refractivity contribution in [3.8, 4) is 29.0 Å². The van der Waals surface area contributed by atoms with Gasteiger partial charge in [-0.3, -0.25) is 4.79 Å². The van der Waals surface area contributed by atoms with E-state index in [9.17, 15) is 4.79 Å². The molecule has 0 aliphatic rings. The number of hydrogen-bond acceptors (Lipinski definition) is 6. The summed E-state index contributed by atoms with van der Waals surface area (Å²) in [5.41, 5.74) is 0.489. The van der Waals surface area contributed by atoms with Crippen LogP contribution in [0, 0.1) is 11.3 Å². The highest BCUT2D eigenvalue weighted by molar-refractivity contribution is 5.66. The van der Waals surface area contributed by atoms with Crippen LogP contribution in [0.4, 0.5) is 0 Å². The van der Waals surface area contributed by atoms with Crippen LogP contribution in [0.5, 0.6) is 11.6 Å².